The first-order valence-electron chi connectivity index (χ1n) is 4.92. The molecule has 2 N–H and O–H groups in total. The van der Waals surface area contributed by atoms with Crippen LogP contribution in [0.2, 0.25) is 0 Å². The smallest absolute Gasteiger partial charge is 0.308 e. The Hall–Kier alpha value is -1.43. The summed E-state index contributed by atoms with van der Waals surface area (Å²) in [6, 6.07) is 0.0368. The molecule has 6 nitrogen and oxygen atoms in total. The van der Waals surface area contributed by atoms with Crippen LogP contribution in [-0.4, -0.2) is 27.3 Å². The van der Waals surface area contributed by atoms with Gasteiger partial charge in [-0.05, 0) is 19.8 Å². The Balaban J connectivity index is 1.81. The van der Waals surface area contributed by atoms with Crippen LogP contribution in [0.1, 0.15) is 24.6 Å². The number of carboxylic acids is 1. The Kier molecular flexibility index (Phi) is 2.68. The summed E-state index contributed by atoms with van der Waals surface area (Å²) in [6.45, 7) is 2.19. The van der Waals surface area contributed by atoms with Crippen molar-refractivity contribution in [3.05, 3.63) is 11.7 Å². The van der Waals surface area contributed by atoms with E-state index >= 15 is 0 Å². The van der Waals surface area contributed by atoms with Crippen molar-refractivity contribution in [1.29, 1.82) is 0 Å². The van der Waals surface area contributed by atoms with E-state index in [1.54, 1.807) is 6.92 Å². The maximum Gasteiger partial charge on any atom is 0.308 e. The van der Waals surface area contributed by atoms with Gasteiger partial charge in [-0.3, -0.25) is 4.79 Å². The molecule has 1 heterocycles. The SMILES string of the molecule is Cc1noc(CNC2CCC2C(=O)O)n1. The van der Waals surface area contributed by atoms with Gasteiger partial charge < -0.3 is 14.9 Å². The number of aromatic nitrogens is 2. The Bertz CT molecular complexity index is 363. The van der Waals surface area contributed by atoms with E-state index < -0.39 is 5.97 Å². The van der Waals surface area contributed by atoms with Crippen LogP contribution in [0, 0.1) is 12.8 Å². The van der Waals surface area contributed by atoms with Crippen molar-refractivity contribution in [3.63, 3.8) is 0 Å². The number of aliphatic carboxylic acids is 1. The number of aryl methyl sites for hydroxylation is 1. The fourth-order valence-electron chi connectivity index (χ4n) is 1.67. The third-order valence-corrected chi connectivity index (χ3v) is 2.68. The van der Waals surface area contributed by atoms with Crippen LogP contribution in [0.25, 0.3) is 0 Å². The minimum atomic E-state index is -0.736. The molecule has 0 aliphatic heterocycles. The second kappa shape index (κ2) is 3.98. The lowest BCUT2D eigenvalue weighted by Crippen LogP contribution is -2.47. The molecule has 2 unspecified atom stereocenters. The Morgan fingerprint density at radius 2 is 2.47 bits per heavy atom. The summed E-state index contributed by atoms with van der Waals surface area (Å²) < 4.78 is 4.91. The molecule has 0 saturated heterocycles. The van der Waals surface area contributed by atoms with Crippen LogP contribution >= 0.6 is 0 Å². The van der Waals surface area contributed by atoms with Crippen LogP contribution in [-0.2, 0) is 11.3 Å². The quantitative estimate of drug-likeness (QED) is 0.746. The Morgan fingerprint density at radius 3 is 2.93 bits per heavy atom. The molecule has 6 heteroatoms. The molecule has 1 aliphatic carbocycles. The topological polar surface area (TPSA) is 88.2 Å². The van der Waals surface area contributed by atoms with E-state index in [0.717, 1.165) is 12.8 Å². The van der Waals surface area contributed by atoms with E-state index in [2.05, 4.69) is 15.5 Å². The largest absolute Gasteiger partial charge is 0.481 e. The van der Waals surface area contributed by atoms with E-state index in [4.69, 9.17) is 9.63 Å². The van der Waals surface area contributed by atoms with Gasteiger partial charge in [-0.25, -0.2) is 0 Å². The van der Waals surface area contributed by atoms with Crippen molar-refractivity contribution in [3.8, 4) is 0 Å². The molecule has 15 heavy (non-hydrogen) atoms. The third-order valence-electron chi connectivity index (χ3n) is 2.68. The zero-order chi connectivity index (χ0) is 10.8. The molecule has 2 atom stereocenters. The van der Waals surface area contributed by atoms with Gasteiger partial charge in [-0.15, -0.1) is 0 Å². The molecule has 1 aromatic rings. The minimum absolute atomic E-state index is 0.0368. The highest BCUT2D eigenvalue weighted by Gasteiger charge is 2.36. The second-order valence-electron chi connectivity index (χ2n) is 3.74. The molecular weight excluding hydrogens is 198 g/mol. The summed E-state index contributed by atoms with van der Waals surface area (Å²) >= 11 is 0. The summed E-state index contributed by atoms with van der Waals surface area (Å²) in [4.78, 5) is 14.7. The fraction of sp³-hybridized carbons (Fsp3) is 0.667. The number of nitrogens with one attached hydrogen (secondary N) is 1. The lowest BCUT2D eigenvalue weighted by molar-refractivity contribution is -0.146. The van der Waals surface area contributed by atoms with E-state index in [-0.39, 0.29) is 12.0 Å². The predicted octanol–water partition coefficient (Wildman–Crippen LogP) is 0.331. The van der Waals surface area contributed by atoms with E-state index in [1.807, 2.05) is 0 Å². The monoisotopic (exact) mass is 211 g/mol. The maximum atomic E-state index is 10.7. The van der Waals surface area contributed by atoms with Crippen molar-refractivity contribution in [2.24, 2.45) is 5.92 Å². The van der Waals surface area contributed by atoms with Gasteiger partial charge in [0.05, 0.1) is 12.5 Å². The number of rotatable bonds is 4. The van der Waals surface area contributed by atoms with Gasteiger partial charge in [0.2, 0.25) is 5.89 Å². The summed E-state index contributed by atoms with van der Waals surface area (Å²) in [5, 5.41) is 15.6. The van der Waals surface area contributed by atoms with Crippen LogP contribution in [0.15, 0.2) is 4.52 Å². The van der Waals surface area contributed by atoms with Crippen molar-refractivity contribution < 1.29 is 14.4 Å². The van der Waals surface area contributed by atoms with E-state index in [1.165, 1.54) is 0 Å². The first-order chi connectivity index (χ1) is 7.16. The summed E-state index contributed by atoms with van der Waals surface area (Å²) in [7, 11) is 0. The lowest BCUT2D eigenvalue weighted by atomic mass is 9.79. The average Bonchev–Trinajstić information content (AvgIpc) is 2.48. The van der Waals surface area contributed by atoms with Crippen LogP contribution < -0.4 is 5.32 Å². The zero-order valence-corrected chi connectivity index (χ0v) is 8.43. The number of nitrogens with zero attached hydrogens (tertiary/aromatic N) is 2. The molecule has 82 valence electrons. The van der Waals surface area contributed by atoms with Gasteiger partial charge in [0.1, 0.15) is 0 Å². The van der Waals surface area contributed by atoms with Gasteiger partial charge in [-0.2, -0.15) is 4.98 Å². The maximum absolute atomic E-state index is 10.7. The Morgan fingerprint density at radius 1 is 1.67 bits per heavy atom. The van der Waals surface area contributed by atoms with Crippen LogP contribution in [0.3, 0.4) is 0 Å². The lowest BCUT2D eigenvalue weighted by Gasteiger charge is -2.33. The van der Waals surface area contributed by atoms with Crippen molar-refractivity contribution in [2.75, 3.05) is 0 Å². The third kappa shape index (κ3) is 2.15. The molecule has 1 fully saturated rings. The molecule has 1 aliphatic rings. The van der Waals surface area contributed by atoms with Gasteiger partial charge in [0, 0.05) is 6.04 Å². The summed E-state index contributed by atoms with van der Waals surface area (Å²) in [5.41, 5.74) is 0. The highest BCUT2D eigenvalue weighted by molar-refractivity contribution is 5.72. The molecule has 0 amide bonds. The number of hydrogen-bond donors (Lipinski definition) is 2. The standard InChI is InChI=1S/C9H13N3O3/c1-5-11-8(15-12-5)4-10-7-3-2-6(7)9(13)14/h6-7,10H,2-4H2,1H3,(H,13,14). The first kappa shape index (κ1) is 10.1. The normalized spacial score (nSPS) is 24.9. The van der Waals surface area contributed by atoms with E-state index in [0.29, 0.717) is 18.3 Å². The summed E-state index contributed by atoms with van der Waals surface area (Å²) in [6.07, 6.45) is 1.64. The second-order valence-corrected chi connectivity index (χ2v) is 3.74. The van der Waals surface area contributed by atoms with Gasteiger partial charge in [-0.1, -0.05) is 5.16 Å². The number of carboxylic acid groups (broad SMARTS) is 1. The van der Waals surface area contributed by atoms with Gasteiger partial charge in [0.25, 0.3) is 0 Å². The molecule has 0 spiro atoms. The number of carbonyl (C=O) groups is 1. The molecule has 0 aromatic carbocycles. The minimum Gasteiger partial charge on any atom is -0.481 e. The Labute approximate surface area is 86.7 Å². The molecule has 1 aromatic heterocycles. The van der Waals surface area contributed by atoms with Crippen LogP contribution in [0.5, 0.6) is 0 Å². The van der Waals surface area contributed by atoms with Crippen LogP contribution in [0.4, 0.5) is 0 Å². The molecule has 2 rings (SSSR count). The van der Waals surface area contributed by atoms with Gasteiger partial charge in [0.15, 0.2) is 5.82 Å². The molecule has 0 bridgehead atoms. The van der Waals surface area contributed by atoms with Crippen molar-refractivity contribution in [1.82, 2.24) is 15.5 Å². The van der Waals surface area contributed by atoms with Gasteiger partial charge >= 0.3 is 5.97 Å². The highest BCUT2D eigenvalue weighted by atomic mass is 16.5. The first-order valence-corrected chi connectivity index (χ1v) is 4.92. The van der Waals surface area contributed by atoms with E-state index in [9.17, 15) is 4.79 Å². The molecular formula is C9H13N3O3. The van der Waals surface area contributed by atoms with Crippen molar-refractivity contribution in [2.45, 2.75) is 32.4 Å². The highest BCUT2D eigenvalue weighted by Crippen LogP contribution is 2.27. The fourth-order valence-corrected chi connectivity index (χ4v) is 1.67. The van der Waals surface area contributed by atoms with Crippen molar-refractivity contribution >= 4 is 5.97 Å². The molecule has 0 radical (unpaired) electrons. The molecule has 1 saturated carbocycles. The average molecular weight is 211 g/mol. The summed E-state index contributed by atoms with van der Waals surface area (Å²) in [5.74, 6) is 0.0909. The predicted molar refractivity (Wildman–Crippen MR) is 50.0 cm³/mol. The zero-order valence-electron chi connectivity index (χ0n) is 8.43. The number of hydrogen-bond acceptors (Lipinski definition) is 5.